The van der Waals surface area contributed by atoms with E-state index in [1.807, 2.05) is 0 Å². The molecule has 18 heavy (non-hydrogen) atoms. The maximum atomic E-state index is 12.0. The second kappa shape index (κ2) is 5.10. The minimum absolute atomic E-state index is 0.0685. The highest BCUT2D eigenvalue weighted by molar-refractivity contribution is 5.79. The normalized spacial score (nSPS) is 26.3. The van der Waals surface area contributed by atoms with E-state index in [0.29, 0.717) is 25.4 Å². The molecule has 100 valence electrons. The van der Waals surface area contributed by atoms with E-state index < -0.39 is 11.6 Å². The number of amides is 1. The Hall–Kier alpha value is -1.36. The molecule has 0 unspecified atom stereocenters. The molecule has 1 heterocycles. The van der Waals surface area contributed by atoms with Gasteiger partial charge in [-0.05, 0) is 18.8 Å². The van der Waals surface area contributed by atoms with Gasteiger partial charge in [0.25, 0.3) is 0 Å². The highest BCUT2D eigenvalue weighted by atomic mass is 16.4. The zero-order chi connectivity index (χ0) is 13.2. The Kier molecular flexibility index (Phi) is 3.71. The Bertz CT molecular complexity index is 369. The van der Waals surface area contributed by atoms with E-state index in [4.69, 9.17) is 5.11 Å². The summed E-state index contributed by atoms with van der Waals surface area (Å²) in [5, 5.41) is 18.7. The Labute approximate surface area is 106 Å². The Morgan fingerprint density at radius 1 is 1.33 bits per heavy atom. The number of aliphatic carboxylic acids is 1. The number of rotatable bonds is 3. The molecule has 0 aromatic heterocycles. The molecule has 0 spiro atoms. The number of allylic oxidation sites excluding steroid dienone is 2. The first kappa shape index (κ1) is 13.1. The average Bonchev–Trinajstić information content (AvgIpc) is 2.82. The quantitative estimate of drug-likeness (QED) is 0.729. The standard InChI is InChI=1S/C13H19NO4/c15-11(9-10-3-1-2-4-10)14-7-5-13(18,6-8-14)12(16)17/h1,3,10,18H,2,4-9H2,(H,16,17)/t10-/m1/s1. The van der Waals surface area contributed by atoms with Crippen molar-refractivity contribution in [1.29, 1.82) is 0 Å². The van der Waals surface area contributed by atoms with E-state index in [1.165, 1.54) is 0 Å². The van der Waals surface area contributed by atoms with Crippen molar-refractivity contribution in [2.75, 3.05) is 13.1 Å². The highest BCUT2D eigenvalue weighted by Crippen LogP contribution is 2.25. The van der Waals surface area contributed by atoms with Gasteiger partial charge in [-0.1, -0.05) is 12.2 Å². The Balaban J connectivity index is 1.83. The number of carboxylic acid groups (broad SMARTS) is 1. The summed E-state index contributed by atoms with van der Waals surface area (Å²) in [7, 11) is 0. The number of carbonyl (C=O) groups is 2. The minimum Gasteiger partial charge on any atom is -0.479 e. The summed E-state index contributed by atoms with van der Waals surface area (Å²) < 4.78 is 0. The van der Waals surface area contributed by atoms with Crippen LogP contribution >= 0.6 is 0 Å². The molecular weight excluding hydrogens is 234 g/mol. The second-order valence-electron chi connectivity index (χ2n) is 5.19. The fourth-order valence-electron chi connectivity index (χ4n) is 2.56. The van der Waals surface area contributed by atoms with Crippen molar-refractivity contribution in [2.24, 2.45) is 5.92 Å². The van der Waals surface area contributed by atoms with Gasteiger partial charge in [0.2, 0.25) is 5.91 Å². The second-order valence-corrected chi connectivity index (χ2v) is 5.19. The molecule has 1 saturated heterocycles. The predicted molar refractivity (Wildman–Crippen MR) is 64.9 cm³/mol. The maximum absolute atomic E-state index is 12.0. The van der Waals surface area contributed by atoms with Crippen LogP contribution in [-0.2, 0) is 9.59 Å². The average molecular weight is 253 g/mol. The number of carbonyl (C=O) groups excluding carboxylic acids is 1. The van der Waals surface area contributed by atoms with E-state index in [9.17, 15) is 14.7 Å². The molecule has 2 N–H and O–H groups in total. The first-order chi connectivity index (χ1) is 8.51. The topological polar surface area (TPSA) is 77.8 Å². The molecule has 0 radical (unpaired) electrons. The summed E-state index contributed by atoms with van der Waals surface area (Å²) in [6, 6.07) is 0. The van der Waals surface area contributed by atoms with E-state index in [-0.39, 0.29) is 18.7 Å². The monoisotopic (exact) mass is 253 g/mol. The van der Waals surface area contributed by atoms with Gasteiger partial charge in [0.1, 0.15) is 0 Å². The number of aliphatic hydroxyl groups is 1. The lowest BCUT2D eigenvalue weighted by Crippen LogP contribution is -2.51. The lowest BCUT2D eigenvalue weighted by molar-refractivity contribution is -0.165. The number of piperidine rings is 1. The Morgan fingerprint density at radius 3 is 2.50 bits per heavy atom. The lowest BCUT2D eigenvalue weighted by atomic mass is 9.91. The molecule has 0 bridgehead atoms. The molecule has 1 atom stereocenters. The summed E-state index contributed by atoms with van der Waals surface area (Å²) >= 11 is 0. The van der Waals surface area contributed by atoms with Gasteiger partial charge in [0.05, 0.1) is 0 Å². The molecule has 1 amide bonds. The van der Waals surface area contributed by atoms with Crippen LogP contribution in [0.4, 0.5) is 0 Å². The summed E-state index contributed by atoms with van der Waals surface area (Å²) in [5.74, 6) is -0.787. The van der Waals surface area contributed by atoms with Crippen LogP contribution in [0.15, 0.2) is 12.2 Å². The van der Waals surface area contributed by atoms with Crippen LogP contribution in [0.5, 0.6) is 0 Å². The fourth-order valence-corrected chi connectivity index (χ4v) is 2.56. The molecule has 1 aliphatic heterocycles. The molecule has 5 nitrogen and oxygen atoms in total. The smallest absolute Gasteiger partial charge is 0.335 e. The SMILES string of the molecule is O=C(C[C@@H]1C=CCC1)N1CCC(O)(C(=O)O)CC1. The van der Waals surface area contributed by atoms with Crippen molar-refractivity contribution in [1.82, 2.24) is 4.90 Å². The largest absolute Gasteiger partial charge is 0.479 e. The summed E-state index contributed by atoms with van der Waals surface area (Å²) in [6.45, 7) is 0.663. The lowest BCUT2D eigenvalue weighted by Gasteiger charge is -2.35. The van der Waals surface area contributed by atoms with Crippen molar-refractivity contribution < 1.29 is 19.8 Å². The van der Waals surface area contributed by atoms with Crippen LogP contribution in [0.25, 0.3) is 0 Å². The predicted octanol–water partition coefficient (Wildman–Crippen LogP) is 0.781. The van der Waals surface area contributed by atoms with E-state index in [0.717, 1.165) is 12.8 Å². The molecule has 5 heteroatoms. The fraction of sp³-hybridized carbons (Fsp3) is 0.692. The van der Waals surface area contributed by atoms with Gasteiger partial charge in [-0.25, -0.2) is 4.79 Å². The number of nitrogens with zero attached hydrogens (tertiary/aromatic N) is 1. The van der Waals surface area contributed by atoms with Crippen molar-refractivity contribution in [3.63, 3.8) is 0 Å². The van der Waals surface area contributed by atoms with Crippen molar-refractivity contribution in [2.45, 2.75) is 37.7 Å². The molecular formula is C13H19NO4. The maximum Gasteiger partial charge on any atom is 0.335 e. The van der Waals surface area contributed by atoms with Crippen LogP contribution in [0.2, 0.25) is 0 Å². The number of likely N-dealkylation sites (tertiary alicyclic amines) is 1. The molecule has 1 aliphatic carbocycles. The van der Waals surface area contributed by atoms with E-state index in [2.05, 4.69) is 12.2 Å². The third-order valence-electron chi connectivity index (χ3n) is 3.89. The zero-order valence-electron chi connectivity index (χ0n) is 10.3. The van der Waals surface area contributed by atoms with Gasteiger partial charge < -0.3 is 15.1 Å². The molecule has 0 aromatic carbocycles. The minimum atomic E-state index is -1.65. The van der Waals surface area contributed by atoms with Crippen LogP contribution in [0, 0.1) is 5.92 Å². The summed E-state index contributed by atoms with van der Waals surface area (Å²) in [4.78, 5) is 24.5. The number of carboxylic acids is 1. The van der Waals surface area contributed by atoms with Gasteiger partial charge in [0.15, 0.2) is 5.60 Å². The van der Waals surface area contributed by atoms with E-state index in [1.54, 1.807) is 4.90 Å². The highest BCUT2D eigenvalue weighted by Gasteiger charge is 2.40. The van der Waals surface area contributed by atoms with Crippen molar-refractivity contribution in [3.05, 3.63) is 12.2 Å². The van der Waals surface area contributed by atoms with Gasteiger partial charge in [-0.2, -0.15) is 0 Å². The van der Waals surface area contributed by atoms with Crippen LogP contribution in [0.3, 0.4) is 0 Å². The molecule has 1 fully saturated rings. The van der Waals surface area contributed by atoms with Crippen molar-refractivity contribution >= 4 is 11.9 Å². The number of hydrogen-bond donors (Lipinski definition) is 2. The summed E-state index contributed by atoms with van der Waals surface area (Å²) in [5.41, 5.74) is -1.65. The third kappa shape index (κ3) is 2.72. The van der Waals surface area contributed by atoms with Crippen LogP contribution < -0.4 is 0 Å². The third-order valence-corrected chi connectivity index (χ3v) is 3.89. The molecule has 0 aromatic rings. The van der Waals surface area contributed by atoms with Crippen LogP contribution in [0.1, 0.15) is 32.1 Å². The molecule has 0 saturated carbocycles. The molecule has 2 aliphatic rings. The first-order valence-electron chi connectivity index (χ1n) is 6.41. The number of hydrogen-bond acceptors (Lipinski definition) is 3. The van der Waals surface area contributed by atoms with Gasteiger partial charge in [-0.15, -0.1) is 0 Å². The molecule has 2 rings (SSSR count). The van der Waals surface area contributed by atoms with E-state index >= 15 is 0 Å². The zero-order valence-corrected chi connectivity index (χ0v) is 10.3. The van der Waals surface area contributed by atoms with Gasteiger partial charge >= 0.3 is 5.97 Å². The van der Waals surface area contributed by atoms with Crippen LogP contribution in [-0.4, -0.2) is 45.7 Å². The van der Waals surface area contributed by atoms with Gasteiger partial charge in [0, 0.05) is 32.4 Å². The van der Waals surface area contributed by atoms with Gasteiger partial charge in [-0.3, -0.25) is 4.79 Å². The first-order valence-corrected chi connectivity index (χ1v) is 6.41. The van der Waals surface area contributed by atoms with Crippen molar-refractivity contribution in [3.8, 4) is 0 Å². The summed E-state index contributed by atoms with van der Waals surface area (Å²) in [6.07, 6.45) is 6.98. The Morgan fingerprint density at radius 2 is 2.00 bits per heavy atom.